The van der Waals surface area contributed by atoms with E-state index in [2.05, 4.69) is 29.2 Å². The van der Waals surface area contributed by atoms with E-state index in [-0.39, 0.29) is 12.5 Å². The Morgan fingerprint density at radius 3 is 2.58 bits per heavy atom. The number of hydrogen-bond donors (Lipinski definition) is 2. The molecule has 0 aliphatic carbocycles. The smallest absolute Gasteiger partial charge is 0.251 e. The second-order valence-electron chi connectivity index (χ2n) is 7.00. The predicted octanol–water partition coefficient (Wildman–Crippen LogP) is 1.82. The van der Waals surface area contributed by atoms with Crippen molar-refractivity contribution in [1.82, 2.24) is 15.1 Å². The van der Waals surface area contributed by atoms with Gasteiger partial charge < -0.3 is 15.3 Å². The van der Waals surface area contributed by atoms with Gasteiger partial charge in [-0.2, -0.15) is 0 Å². The van der Waals surface area contributed by atoms with Gasteiger partial charge in [-0.1, -0.05) is 36.4 Å². The van der Waals surface area contributed by atoms with Crippen molar-refractivity contribution in [2.24, 2.45) is 0 Å². The zero-order valence-electron chi connectivity index (χ0n) is 15.5. The van der Waals surface area contributed by atoms with Gasteiger partial charge in [0.05, 0.1) is 6.61 Å². The van der Waals surface area contributed by atoms with Gasteiger partial charge in [-0.3, -0.25) is 9.69 Å². The summed E-state index contributed by atoms with van der Waals surface area (Å²) in [4.78, 5) is 17.1. The van der Waals surface area contributed by atoms with Gasteiger partial charge in [0.1, 0.15) is 0 Å². The molecule has 0 bridgehead atoms. The van der Waals surface area contributed by atoms with Crippen LogP contribution in [-0.4, -0.2) is 67.1 Å². The molecule has 1 atom stereocenters. The lowest BCUT2D eigenvalue weighted by atomic mass is 9.99. The number of aliphatic hydroxyl groups is 1. The molecule has 1 aliphatic heterocycles. The van der Waals surface area contributed by atoms with Crippen molar-refractivity contribution in [1.29, 1.82) is 0 Å². The molecule has 0 spiro atoms. The van der Waals surface area contributed by atoms with Crippen LogP contribution in [0.5, 0.6) is 0 Å². The second kappa shape index (κ2) is 8.45. The molecule has 5 heteroatoms. The Hall–Kier alpha value is -2.21. The van der Waals surface area contributed by atoms with E-state index < -0.39 is 0 Å². The van der Waals surface area contributed by atoms with Crippen LogP contribution in [0.3, 0.4) is 0 Å². The molecule has 26 heavy (non-hydrogen) atoms. The number of aliphatic hydroxyl groups excluding tert-OH is 1. The van der Waals surface area contributed by atoms with Crippen molar-refractivity contribution in [3.63, 3.8) is 0 Å². The van der Waals surface area contributed by atoms with Gasteiger partial charge in [0, 0.05) is 37.8 Å². The number of hydrogen-bond acceptors (Lipinski definition) is 4. The van der Waals surface area contributed by atoms with Crippen LogP contribution in [0.4, 0.5) is 0 Å². The van der Waals surface area contributed by atoms with E-state index in [0.717, 1.165) is 36.3 Å². The van der Waals surface area contributed by atoms with Crippen LogP contribution < -0.4 is 5.32 Å². The average Bonchev–Trinajstić information content (AvgIpc) is 2.68. The van der Waals surface area contributed by atoms with Gasteiger partial charge in [-0.25, -0.2) is 0 Å². The first kappa shape index (κ1) is 18.6. The maximum Gasteiger partial charge on any atom is 0.251 e. The number of nitrogens with one attached hydrogen (secondary N) is 1. The van der Waals surface area contributed by atoms with Crippen LogP contribution in [0.1, 0.15) is 15.9 Å². The van der Waals surface area contributed by atoms with Crippen LogP contribution in [0.25, 0.3) is 11.1 Å². The number of nitrogens with zero attached hydrogens (tertiary/aromatic N) is 2. The Labute approximate surface area is 155 Å². The summed E-state index contributed by atoms with van der Waals surface area (Å²) in [6.45, 7) is 3.71. The molecule has 1 aliphatic rings. The van der Waals surface area contributed by atoms with E-state index in [1.54, 1.807) is 0 Å². The van der Waals surface area contributed by atoms with Crippen molar-refractivity contribution in [3.8, 4) is 11.1 Å². The zero-order chi connectivity index (χ0) is 18.5. The molecule has 5 nitrogen and oxygen atoms in total. The zero-order valence-corrected chi connectivity index (χ0v) is 15.5. The number of carbonyl (C=O) groups is 1. The Morgan fingerprint density at radius 1 is 1.12 bits per heavy atom. The Bertz CT molecular complexity index is 745. The molecule has 1 unspecified atom stereocenters. The SMILES string of the molecule is CN1CCN(C)C(CNC(=O)c2ccc(-c3ccccc3CO)cc2)C1. The monoisotopic (exact) mass is 353 g/mol. The second-order valence-corrected chi connectivity index (χ2v) is 7.00. The molecule has 138 valence electrons. The molecule has 1 fully saturated rings. The number of carbonyl (C=O) groups excluding carboxylic acids is 1. The quantitative estimate of drug-likeness (QED) is 0.861. The molecular weight excluding hydrogens is 326 g/mol. The van der Waals surface area contributed by atoms with Gasteiger partial charge in [0.25, 0.3) is 5.91 Å². The molecule has 1 heterocycles. The Kier molecular flexibility index (Phi) is 6.04. The summed E-state index contributed by atoms with van der Waals surface area (Å²) in [5.41, 5.74) is 3.53. The third-order valence-electron chi connectivity index (χ3n) is 5.12. The van der Waals surface area contributed by atoms with Crippen molar-refractivity contribution >= 4 is 5.91 Å². The number of benzene rings is 2. The van der Waals surface area contributed by atoms with Gasteiger partial charge >= 0.3 is 0 Å². The molecule has 1 amide bonds. The molecule has 2 aromatic rings. The topological polar surface area (TPSA) is 55.8 Å². The highest BCUT2D eigenvalue weighted by Crippen LogP contribution is 2.24. The molecule has 2 aromatic carbocycles. The minimum Gasteiger partial charge on any atom is -0.392 e. The van der Waals surface area contributed by atoms with Crippen LogP contribution in [0.2, 0.25) is 0 Å². The van der Waals surface area contributed by atoms with Crippen molar-refractivity contribution in [2.45, 2.75) is 12.6 Å². The van der Waals surface area contributed by atoms with E-state index in [1.807, 2.05) is 48.5 Å². The molecule has 0 aromatic heterocycles. The van der Waals surface area contributed by atoms with Crippen LogP contribution in [0.15, 0.2) is 48.5 Å². The van der Waals surface area contributed by atoms with Gasteiger partial charge in [-0.05, 0) is 42.9 Å². The maximum absolute atomic E-state index is 12.5. The van der Waals surface area contributed by atoms with Gasteiger partial charge in [-0.15, -0.1) is 0 Å². The number of piperazine rings is 1. The van der Waals surface area contributed by atoms with Crippen LogP contribution in [0, 0.1) is 0 Å². The molecule has 3 rings (SSSR count). The standard InChI is InChI=1S/C21H27N3O2/c1-23-11-12-24(2)19(14-23)13-22-21(26)17-9-7-16(8-10-17)20-6-4-3-5-18(20)15-25/h3-10,19,25H,11-15H2,1-2H3,(H,22,26). The third kappa shape index (κ3) is 4.30. The van der Waals surface area contributed by atoms with E-state index in [9.17, 15) is 9.90 Å². The fourth-order valence-corrected chi connectivity index (χ4v) is 3.38. The Morgan fingerprint density at radius 2 is 1.85 bits per heavy atom. The summed E-state index contributed by atoms with van der Waals surface area (Å²) >= 11 is 0. The van der Waals surface area contributed by atoms with E-state index in [4.69, 9.17) is 0 Å². The summed E-state index contributed by atoms with van der Waals surface area (Å²) in [6.07, 6.45) is 0. The first-order valence-corrected chi connectivity index (χ1v) is 9.04. The van der Waals surface area contributed by atoms with Crippen LogP contribution >= 0.6 is 0 Å². The fraction of sp³-hybridized carbons (Fsp3) is 0.381. The van der Waals surface area contributed by atoms with Gasteiger partial charge in [0.2, 0.25) is 0 Å². The van der Waals surface area contributed by atoms with Crippen molar-refractivity contribution in [3.05, 3.63) is 59.7 Å². The highest BCUT2D eigenvalue weighted by molar-refractivity contribution is 5.94. The van der Waals surface area contributed by atoms with Crippen LogP contribution in [-0.2, 0) is 6.61 Å². The molecule has 0 radical (unpaired) electrons. The lowest BCUT2D eigenvalue weighted by Crippen LogP contribution is -2.54. The maximum atomic E-state index is 12.5. The summed E-state index contributed by atoms with van der Waals surface area (Å²) in [6, 6.07) is 15.7. The number of amides is 1. The minimum absolute atomic E-state index is 0.00175. The molecular formula is C21H27N3O2. The summed E-state index contributed by atoms with van der Waals surface area (Å²) < 4.78 is 0. The Balaban J connectivity index is 1.64. The molecule has 2 N–H and O–H groups in total. The van der Waals surface area contributed by atoms with Crippen molar-refractivity contribution in [2.75, 3.05) is 40.3 Å². The minimum atomic E-state index is -0.0476. The lowest BCUT2D eigenvalue weighted by Gasteiger charge is -2.37. The number of rotatable bonds is 5. The first-order chi connectivity index (χ1) is 12.6. The first-order valence-electron chi connectivity index (χ1n) is 9.04. The predicted molar refractivity (Wildman–Crippen MR) is 104 cm³/mol. The normalized spacial score (nSPS) is 18.7. The number of likely N-dealkylation sites (N-methyl/N-ethyl adjacent to an activating group) is 2. The van der Waals surface area contributed by atoms with E-state index >= 15 is 0 Å². The fourth-order valence-electron chi connectivity index (χ4n) is 3.38. The average molecular weight is 353 g/mol. The highest BCUT2D eigenvalue weighted by Gasteiger charge is 2.22. The lowest BCUT2D eigenvalue weighted by molar-refractivity contribution is 0.0881. The molecule has 0 saturated carbocycles. The van der Waals surface area contributed by atoms with E-state index in [0.29, 0.717) is 18.2 Å². The summed E-state index contributed by atoms with van der Waals surface area (Å²) in [5.74, 6) is -0.0476. The van der Waals surface area contributed by atoms with Crippen molar-refractivity contribution < 1.29 is 9.90 Å². The third-order valence-corrected chi connectivity index (χ3v) is 5.12. The highest BCUT2D eigenvalue weighted by atomic mass is 16.3. The summed E-state index contributed by atoms with van der Waals surface area (Å²) in [7, 11) is 4.22. The molecule has 1 saturated heterocycles. The summed E-state index contributed by atoms with van der Waals surface area (Å²) in [5, 5.41) is 12.5. The largest absolute Gasteiger partial charge is 0.392 e. The van der Waals surface area contributed by atoms with E-state index in [1.165, 1.54) is 0 Å². The van der Waals surface area contributed by atoms with Gasteiger partial charge in [0.15, 0.2) is 0 Å².